The van der Waals surface area contributed by atoms with Gasteiger partial charge in [-0.3, -0.25) is 9.69 Å². The van der Waals surface area contributed by atoms with Crippen LogP contribution < -0.4 is 0 Å². The molecule has 0 bridgehead atoms. The van der Waals surface area contributed by atoms with Crippen LogP contribution in [0.2, 0.25) is 0 Å². The lowest BCUT2D eigenvalue weighted by Gasteiger charge is -2.15. The van der Waals surface area contributed by atoms with Crippen molar-refractivity contribution in [2.24, 2.45) is 0 Å². The summed E-state index contributed by atoms with van der Waals surface area (Å²) in [5, 5.41) is 0. The molecule has 0 saturated heterocycles. The van der Waals surface area contributed by atoms with Crippen molar-refractivity contribution < 1.29 is 9.53 Å². The van der Waals surface area contributed by atoms with Crippen LogP contribution in [-0.2, 0) is 16.0 Å². The summed E-state index contributed by atoms with van der Waals surface area (Å²) in [6.07, 6.45) is 0.958. The Morgan fingerprint density at radius 1 is 1.35 bits per heavy atom. The molecule has 1 rings (SSSR count). The van der Waals surface area contributed by atoms with Gasteiger partial charge in [-0.2, -0.15) is 0 Å². The lowest BCUT2D eigenvalue weighted by atomic mass is 10.0. The molecule has 0 aliphatic carbocycles. The number of ether oxygens (including phenoxy) is 1. The van der Waals surface area contributed by atoms with Gasteiger partial charge >= 0.3 is 5.97 Å². The molecule has 0 amide bonds. The van der Waals surface area contributed by atoms with E-state index in [0.717, 1.165) is 13.0 Å². The quantitative estimate of drug-likeness (QED) is 0.731. The Hall–Kier alpha value is -1.35. The largest absolute Gasteiger partial charge is 0.468 e. The molecule has 3 nitrogen and oxygen atoms in total. The van der Waals surface area contributed by atoms with Crippen molar-refractivity contribution in [1.82, 2.24) is 4.90 Å². The molecule has 0 aliphatic heterocycles. The highest BCUT2D eigenvalue weighted by Gasteiger charge is 2.06. The van der Waals surface area contributed by atoms with Crippen LogP contribution in [0, 0.1) is 13.8 Å². The molecule has 0 fully saturated rings. The van der Waals surface area contributed by atoms with E-state index in [2.05, 4.69) is 36.8 Å². The number of carbonyl (C=O) groups is 1. The van der Waals surface area contributed by atoms with Gasteiger partial charge in [0.05, 0.1) is 13.7 Å². The van der Waals surface area contributed by atoms with Gasteiger partial charge in [0.1, 0.15) is 0 Å². The lowest BCUT2D eigenvalue weighted by molar-refractivity contribution is -0.141. The van der Waals surface area contributed by atoms with Crippen molar-refractivity contribution in [3.05, 3.63) is 34.9 Å². The van der Waals surface area contributed by atoms with Gasteiger partial charge in [-0.05, 0) is 38.4 Å². The first kappa shape index (κ1) is 13.7. The topological polar surface area (TPSA) is 29.5 Å². The number of nitrogens with zero attached hydrogens (tertiary/aromatic N) is 1. The summed E-state index contributed by atoms with van der Waals surface area (Å²) in [5.41, 5.74) is 3.94. The number of hydrogen-bond acceptors (Lipinski definition) is 3. The maximum atomic E-state index is 11.1. The summed E-state index contributed by atoms with van der Waals surface area (Å²) in [6, 6.07) is 6.48. The molecule has 0 atom stereocenters. The van der Waals surface area contributed by atoms with E-state index < -0.39 is 0 Å². The number of benzene rings is 1. The van der Waals surface area contributed by atoms with Crippen LogP contribution in [0.15, 0.2) is 18.2 Å². The third-order valence-corrected chi connectivity index (χ3v) is 2.89. The van der Waals surface area contributed by atoms with Crippen LogP contribution in [-0.4, -0.2) is 38.1 Å². The molecule has 1 aromatic carbocycles. The highest BCUT2D eigenvalue weighted by molar-refractivity contribution is 5.71. The number of carbonyl (C=O) groups excluding carboxylic acids is 1. The predicted molar refractivity (Wildman–Crippen MR) is 69.1 cm³/mol. The fourth-order valence-electron chi connectivity index (χ4n) is 1.80. The van der Waals surface area contributed by atoms with Crippen LogP contribution in [0.5, 0.6) is 0 Å². The molecule has 17 heavy (non-hydrogen) atoms. The number of rotatable bonds is 5. The Balaban J connectivity index is 2.47. The highest BCUT2D eigenvalue weighted by Crippen LogP contribution is 2.11. The second-order valence-electron chi connectivity index (χ2n) is 4.49. The summed E-state index contributed by atoms with van der Waals surface area (Å²) in [5.74, 6) is -0.187. The second kappa shape index (κ2) is 6.40. The number of methoxy groups -OCH3 is 1. The van der Waals surface area contributed by atoms with E-state index in [1.165, 1.54) is 23.8 Å². The number of hydrogen-bond donors (Lipinski definition) is 0. The maximum absolute atomic E-state index is 11.1. The number of esters is 1. The zero-order valence-electron chi connectivity index (χ0n) is 11.1. The molecule has 0 N–H and O–H groups in total. The van der Waals surface area contributed by atoms with Gasteiger partial charge in [0, 0.05) is 6.54 Å². The molecule has 0 spiro atoms. The minimum Gasteiger partial charge on any atom is -0.468 e. The highest BCUT2D eigenvalue weighted by atomic mass is 16.5. The molecule has 0 aliphatic rings. The fraction of sp³-hybridized carbons (Fsp3) is 0.500. The molecule has 0 unspecified atom stereocenters. The Morgan fingerprint density at radius 2 is 2.06 bits per heavy atom. The van der Waals surface area contributed by atoms with Crippen molar-refractivity contribution in [2.75, 3.05) is 27.2 Å². The lowest BCUT2D eigenvalue weighted by Crippen LogP contribution is -2.28. The van der Waals surface area contributed by atoms with Crippen LogP contribution in [0.25, 0.3) is 0 Å². The summed E-state index contributed by atoms with van der Waals surface area (Å²) in [6.45, 7) is 5.43. The van der Waals surface area contributed by atoms with Crippen LogP contribution >= 0.6 is 0 Å². The standard InChI is InChI=1S/C14H21NO2/c1-11-5-6-13(12(2)9-11)7-8-15(3)10-14(16)17-4/h5-6,9H,7-8,10H2,1-4H3. The Kier molecular flexibility index (Phi) is 5.16. The summed E-state index contributed by atoms with van der Waals surface area (Å²) in [4.78, 5) is 13.1. The molecule has 3 heteroatoms. The van der Waals surface area contributed by atoms with E-state index in [4.69, 9.17) is 0 Å². The van der Waals surface area contributed by atoms with Gasteiger partial charge < -0.3 is 4.74 Å². The zero-order chi connectivity index (χ0) is 12.8. The first-order chi connectivity index (χ1) is 8.02. The van der Waals surface area contributed by atoms with E-state index in [1.807, 2.05) is 11.9 Å². The Labute approximate surface area is 103 Å². The van der Waals surface area contributed by atoms with Gasteiger partial charge in [0.2, 0.25) is 0 Å². The van der Waals surface area contributed by atoms with Crippen molar-refractivity contribution in [2.45, 2.75) is 20.3 Å². The first-order valence-electron chi connectivity index (χ1n) is 5.84. The van der Waals surface area contributed by atoms with Gasteiger partial charge in [0.15, 0.2) is 0 Å². The van der Waals surface area contributed by atoms with E-state index in [9.17, 15) is 4.79 Å². The number of likely N-dealkylation sites (N-methyl/N-ethyl adjacent to an activating group) is 1. The van der Waals surface area contributed by atoms with Crippen molar-refractivity contribution in [3.8, 4) is 0 Å². The zero-order valence-corrected chi connectivity index (χ0v) is 11.1. The fourth-order valence-corrected chi connectivity index (χ4v) is 1.80. The van der Waals surface area contributed by atoms with E-state index in [0.29, 0.717) is 6.54 Å². The normalized spacial score (nSPS) is 10.6. The molecule has 0 saturated carbocycles. The summed E-state index contributed by atoms with van der Waals surface area (Å²) < 4.78 is 4.63. The maximum Gasteiger partial charge on any atom is 0.319 e. The average molecular weight is 235 g/mol. The third-order valence-electron chi connectivity index (χ3n) is 2.89. The van der Waals surface area contributed by atoms with E-state index in [-0.39, 0.29) is 5.97 Å². The molecular formula is C14H21NO2. The average Bonchev–Trinajstić information content (AvgIpc) is 2.27. The minimum absolute atomic E-state index is 0.187. The van der Waals surface area contributed by atoms with Gasteiger partial charge in [-0.1, -0.05) is 23.8 Å². The minimum atomic E-state index is -0.187. The first-order valence-corrected chi connectivity index (χ1v) is 5.84. The van der Waals surface area contributed by atoms with Crippen molar-refractivity contribution in [3.63, 3.8) is 0 Å². The SMILES string of the molecule is COC(=O)CN(C)CCc1ccc(C)cc1C. The Morgan fingerprint density at radius 3 is 2.65 bits per heavy atom. The van der Waals surface area contributed by atoms with Gasteiger partial charge in [-0.25, -0.2) is 0 Å². The number of aryl methyl sites for hydroxylation is 2. The summed E-state index contributed by atoms with van der Waals surface area (Å²) >= 11 is 0. The van der Waals surface area contributed by atoms with Crippen LogP contribution in [0.3, 0.4) is 0 Å². The Bertz CT molecular complexity index is 388. The molecule has 0 aromatic heterocycles. The van der Waals surface area contributed by atoms with Crippen LogP contribution in [0.1, 0.15) is 16.7 Å². The smallest absolute Gasteiger partial charge is 0.319 e. The molecule has 0 radical (unpaired) electrons. The second-order valence-corrected chi connectivity index (χ2v) is 4.49. The van der Waals surface area contributed by atoms with Gasteiger partial charge in [0.25, 0.3) is 0 Å². The van der Waals surface area contributed by atoms with Crippen molar-refractivity contribution >= 4 is 5.97 Å². The van der Waals surface area contributed by atoms with E-state index >= 15 is 0 Å². The monoisotopic (exact) mass is 235 g/mol. The molecule has 94 valence electrons. The van der Waals surface area contributed by atoms with Crippen LogP contribution in [0.4, 0.5) is 0 Å². The molecule has 0 heterocycles. The summed E-state index contributed by atoms with van der Waals surface area (Å²) in [7, 11) is 3.35. The molecule has 1 aromatic rings. The third kappa shape index (κ3) is 4.57. The van der Waals surface area contributed by atoms with Crippen molar-refractivity contribution in [1.29, 1.82) is 0 Å². The molecular weight excluding hydrogens is 214 g/mol. The van der Waals surface area contributed by atoms with Gasteiger partial charge in [-0.15, -0.1) is 0 Å². The predicted octanol–water partition coefficient (Wildman–Crippen LogP) is 1.95. The van der Waals surface area contributed by atoms with E-state index in [1.54, 1.807) is 0 Å².